The van der Waals surface area contributed by atoms with Gasteiger partial charge in [-0.15, -0.1) is 0 Å². The van der Waals surface area contributed by atoms with Crippen molar-refractivity contribution in [2.75, 3.05) is 13.1 Å². The number of likely N-dealkylation sites (tertiary alicyclic amines) is 1. The molecule has 0 bridgehead atoms. The van der Waals surface area contributed by atoms with E-state index in [2.05, 4.69) is 42.2 Å². The van der Waals surface area contributed by atoms with Gasteiger partial charge in [0, 0.05) is 18.6 Å². The van der Waals surface area contributed by atoms with E-state index in [4.69, 9.17) is 5.73 Å². The molecule has 1 heterocycles. The van der Waals surface area contributed by atoms with Gasteiger partial charge in [-0.2, -0.15) is 0 Å². The van der Waals surface area contributed by atoms with Crippen LogP contribution in [0.5, 0.6) is 0 Å². The van der Waals surface area contributed by atoms with E-state index >= 15 is 0 Å². The van der Waals surface area contributed by atoms with Gasteiger partial charge in [-0.25, -0.2) is 0 Å². The molecule has 1 aliphatic heterocycles. The molecule has 1 aliphatic rings. The van der Waals surface area contributed by atoms with Gasteiger partial charge in [0.2, 0.25) is 0 Å². The Hall–Kier alpha value is -0.860. The van der Waals surface area contributed by atoms with Gasteiger partial charge in [0.15, 0.2) is 0 Å². The van der Waals surface area contributed by atoms with Crippen LogP contribution < -0.4 is 5.73 Å². The molecule has 0 aliphatic carbocycles. The van der Waals surface area contributed by atoms with Crippen LogP contribution in [0.2, 0.25) is 0 Å². The van der Waals surface area contributed by atoms with Gasteiger partial charge in [0.1, 0.15) is 0 Å². The molecule has 0 spiro atoms. The summed E-state index contributed by atoms with van der Waals surface area (Å²) in [6, 6.07) is 10.6. The molecule has 2 heteroatoms. The molecule has 0 saturated carbocycles. The molecule has 1 saturated heterocycles. The highest BCUT2D eigenvalue weighted by Gasteiger charge is 2.34. The second-order valence-electron chi connectivity index (χ2n) is 4.71. The van der Waals surface area contributed by atoms with Crippen LogP contribution in [-0.2, 0) is 6.54 Å². The molecule has 2 rings (SSSR count). The van der Waals surface area contributed by atoms with E-state index in [0.717, 1.165) is 13.1 Å². The number of hydrogen-bond acceptors (Lipinski definition) is 2. The fourth-order valence-electron chi connectivity index (χ4n) is 2.38. The Morgan fingerprint density at radius 3 is 2.73 bits per heavy atom. The molecule has 2 N–H and O–H groups in total. The second kappa shape index (κ2) is 4.33. The Balaban J connectivity index is 2.06. The molecular formula is C13H20N2. The lowest BCUT2D eigenvalue weighted by molar-refractivity contribution is 0.155. The Kier molecular flexibility index (Phi) is 3.08. The van der Waals surface area contributed by atoms with E-state index in [-0.39, 0.29) is 5.54 Å². The van der Waals surface area contributed by atoms with Crippen molar-refractivity contribution in [3.05, 3.63) is 35.9 Å². The zero-order valence-electron chi connectivity index (χ0n) is 9.45. The third-order valence-corrected chi connectivity index (χ3v) is 3.56. The number of hydrogen-bond donors (Lipinski definition) is 1. The first kappa shape index (κ1) is 10.7. The van der Waals surface area contributed by atoms with Crippen molar-refractivity contribution in [1.29, 1.82) is 0 Å². The van der Waals surface area contributed by atoms with E-state index in [0.29, 0.717) is 0 Å². The first-order valence-corrected chi connectivity index (χ1v) is 5.74. The highest BCUT2D eigenvalue weighted by Crippen LogP contribution is 2.29. The van der Waals surface area contributed by atoms with E-state index in [9.17, 15) is 0 Å². The lowest BCUT2D eigenvalue weighted by Gasteiger charge is -2.34. The van der Waals surface area contributed by atoms with Crippen molar-refractivity contribution < 1.29 is 0 Å². The molecule has 1 atom stereocenters. The Morgan fingerprint density at radius 1 is 1.33 bits per heavy atom. The summed E-state index contributed by atoms with van der Waals surface area (Å²) in [5, 5.41) is 0. The predicted molar refractivity (Wildman–Crippen MR) is 63.5 cm³/mol. The molecule has 0 radical (unpaired) electrons. The molecule has 1 aromatic carbocycles. The van der Waals surface area contributed by atoms with Crippen LogP contribution in [-0.4, -0.2) is 23.5 Å². The summed E-state index contributed by atoms with van der Waals surface area (Å²) in [6.07, 6.45) is 2.51. The maximum absolute atomic E-state index is 5.87. The van der Waals surface area contributed by atoms with Gasteiger partial charge in [0.05, 0.1) is 0 Å². The third kappa shape index (κ3) is 2.21. The minimum Gasteiger partial charge on any atom is -0.329 e. The van der Waals surface area contributed by atoms with E-state index < -0.39 is 0 Å². The number of rotatable bonds is 3. The maximum atomic E-state index is 5.87. The highest BCUT2D eigenvalue weighted by molar-refractivity contribution is 5.15. The predicted octanol–water partition coefficient (Wildman–Crippen LogP) is 2.00. The SMILES string of the molecule is C[C@@]1(CN)CCCN1Cc1ccccc1. The Labute approximate surface area is 92.1 Å². The number of nitrogens with two attached hydrogens (primary N) is 1. The van der Waals surface area contributed by atoms with Crippen LogP contribution in [0.25, 0.3) is 0 Å². The second-order valence-corrected chi connectivity index (χ2v) is 4.71. The van der Waals surface area contributed by atoms with Gasteiger partial charge < -0.3 is 5.73 Å². The van der Waals surface area contributed by atoms with Crippen molar-refractivity contribution in [1.82, 2.24) is 4.90 Å². The molecule has 82 valence electrons. The van der Waals surface area contributed by atoms with Crippen molar-refractivity contribution >= 4 is 0 Å². The van der Waals surface area contributed by atoms with E-state index in [1.54, 1.807) is 0 Å². The summed E-state index contributed by atoms with van der Waals surface area (Å²) < 4.78 is 0. The first-order valence-electron chi connectivity index (χ1n) is 5.74. The number of nitrogens with zero attached hydrogens (tertiary/aromatic N) is 1. The molecule has 1 aromatic rings. The third-order valence-electron chi connectivity index (χ3n) is 3.56. The molecule has 1 fully saturated rings. The standard InChI is InChI=1S/C13H20N2/c1-13(11-14)8-5-9-15(13)10-12-6-3-2-4-7-12/h2-4,6-7H,5,8-11,14H2,1H3/t13-/m0/s1. The minimum atomic E-state index is 0.218. The Morgan fingerprint density at radius 2 is 2.07 bits per heavy atom. The smallest absolute Gasteiger partial charge is 0.0307 e. The summed E-state index contributed by atoms with van der Waals surface area (Å²) in [4.78, 5) is 2.52. The van der Waals surface area contributed by atoms with Crippen LogP contribution in [0, 0.1) is 0 Å². The average Bonchev–Trinajstić information content (AvgIpc) is 2.63. The van der Waals surface area contributed by atoms with Crippen LogP contribution in [0.1, 0.15) is 25.3 Å². The van der Waals surface area contributed by atoms with Gasteiger partial charge in [0.25, 0.3) is 0 Å². The Bertz CT molecular complexity index is 310. The summed E-state index contributed by atoms with van der Waals surface area (Å²) in [7, 11) is 0. The lowest BCUT2D eigenvalue weighted by Crippen LogP contribution is -2.46. The van der Waals surface area contributed by atoms with Crippen molar-refractivity contribution in [3.63, 3.8) is 0 Å². The summed E-state index contributed by atoms with van der Waals surface area (Å²) in [5.74, 6) is 0. The summed E-state index contributed by atoms with van der Waals surface area (Å²) in [5.41, 5.74) is 7.48. The van der Waals surface area contributed by atoms with Crippen molar-refractivity contribution in [3.8, 4) is 0 Å². The molecule has 15 heavy (non-hydrogen) atoms. The zero-order valence-corrected chi connectivity index (χ0v) is 9.45. The van der Waals surface area contributed by atoms with E-state index in [1.807, 2.05) is 0 Å². The quantitative estimate of drug-likeness (QED) is 0.816. The zero-order chi connectivity index (χ0) is 10.7. The van der Waals surface area contributed by atoms with Crippen molar-refractivity contribution in [2.45, 2.75) is 31.8 Å². The van der Waals surface area contributed by atoms with Crippen LogP contribution in [0.4, 0.5) is 0 Å². The fourth-order valence-corrected chi connectivity index (χ4v) is 2.38. The molecule has 2 nitrogen and oxygen atoms in total. The molecular weight excluding hydrogens is 184 g/mol. The number of benzene rings is 1. The van der Waals surface area contributed by atoms with Gasteiger partial charge in [-0.1, -0.05) is 30.3 Å². The van der Waals surface area contributed by atoms with Gasteiger partial charge in [-0.3, -0.25) is 4.90 Å². The average molecular weight is 204 g/mol. The normalized spacial score (nSPS) is 27.1. The van der Waals surface area contributed by atoms with Crippen molar-refractivity contribution in [2.24, 2.45) is 5.73 Å². The van der Waals surface area contributed by atoms with E-state index in [1.165, 1.54) is 24.9 Å². The minimum absolute atomic E-state index is 0.218. The summed E-state index contributed by atoms with van der Waals surface area (Å²) >= 11 is 0. The molecule has 0 amide bonds. The van der Waals surface area contributed by atoms with Crippen LogP contribution in [0.15, 0.2) is 30.3 Å². The largest absolute Gasteiger partial charge is 0.329 e. The fraction of sp³-hybridized carbons (Fsp3) is 0.538. The molecule has 0 aromatic heterocycles. The van der Waals surface area contributed by atoms with Crippen LogP contribution >= 0.6 is 0 Å². The topological polar surface area (TPSA) is 29.3 Å². The lowest BCUT2D eigenvalue weighted by atomic mass is 9.99. The monoisotopic (exact) mass is 204 g/mol. The van der Waals surface area contributed by atoms with Crippen LogP contribution in [0.3, 0.4) is 0 Å². The first-order chi connectivity index (χ1) is 7.24. The van der Waals surface area contributed by atoms with Gasteiger partial charge >= 0.3 is 0 Å². The maximum Gasteiger partial charge on any atom is 0.0307 e. The summed E-state index contributed by atoms with van der Waals surface area (Å²) in [6.45, 7) is 5.26. The molecule has 0 unspecified atom stereocenters. The highest BCUT2D eigenvalue weighted by atomic mass is 15.2. The van der Waals surface area contributed by atoms with Gasteiger partial charge in [-0.05, 0) is 31.9 Å².